The summed E-state index contributed by atoms with van der Waals surface area (Å²) in [5.41, 5.74) is 9.14. The molecule has 0 radical (unpaired) electrons. The number of nitrogens with zero attached hydrogens (tertiary/aromatic N) is 2. The van der Waals surface area contributed by atoms with Crippen molar-refractivity contribution in [3.63, 3.8) is 0 Å². The highest BCUT2D eigenvalue weighted by atomic mass is 15.2. The number of nitrogen functional groups attached to an aromatic ring is 1. The summed E-state index contributed by atoms with van der Waals surface area (Å²) in [7, 11) is 0. The monoisotopic (exact) mass is 272 g/mol. The molecule has 3 rings (SSSR count). The van der Waals surface area contributed by atoms with Crippen molar-refractivity contribution < 1.29 is 0 Å². The molecule has 0 saturated carbocycles. The largest absolute Gasteiger partial charge is 0.384 e. The van der Waals surface area contributed by atoms with E-state index in [0.717, 1.165) is 30.8 Å². The second-order valence-electron chi connectivity index (χ2n) is 6.42. The molecule has 3 N–H and O–H groups in total. The summed E-state index contributed by atoms with van der Waals surface area (Å²) in [5, 5.41) is 7.88. The Balaban J connectivity index is 2.04. The Morgan fingerprint density at radius 3 is 2.90 bits per heavy atom. The predicted octanol–water partition coefficient (Wildman–Crippen LogP) is 2.48. The third kappa shape index (κ3) is 2.28. The van der Waals surface area contributed by atoms with E-state index in [0.29, 0.717) is 12.0 Å². The van der Waals surface area contributed by atoms with Gasteiger partial charge in [0.1, 0.15) is 11.7 Å². The average molecular weight is 272 g/mol. The van der Waals surface area contributed by atoms with E-state index in [2.05, 4.69) is 24.8 Å². The molecule has 2 atom stereocenters. The zero-order valence-electron chi connectivity index (χ0n) is 12.4. The van der Waals surface area contributed by atoms with Gasteiger partial charge in [0.25, 0.3) is 0 Å². The van der Waals surface area contributed by atoms with E-state index in [1.54, 1.807) is 0 Å². The Labute approximate surface area is 120 Å². The summed E-state index contributed by atoms with van der Waals surface area (Å²) in [6.45, 7) is 5.57. The van der Waals surface area contributed by atoms with Gasteiger partial charge in [-0.3, -0.25) is 5.41 Å². The fourth-order valence-electron chi connectivity index (χ4n) is 3.46. The number of hydrogen-bond donors (Lipinski definition) is 2. The molecule has 1 aliphatic heterocycles. The van der Waals surface area contributed by atoms with E-state index in [1.807, 2.05) is 0 Å². The number of nitrogens with two attached hydrogens (primary N) is 1. The van der Waals surface area contributed by atoms with Gasteiger partial charge >= 0.3 is 0 Å². The number of aryl methyl sites for hydroxylation is 2. The molecule has 1 aromatic rings. The minimum atomic E-state index is 0.146. The first kappa shape index (κ1) is 13.4. The van der Waals surface area contributed by atoms with E-state index in [-0.39, 0.29) is 5.84 Å². The molecule has 2 heterocycles. The highest BCUT2D eigenvalue weighted by molar-refractivity contribution is 6.00. The minimum Gasteiger partial charge on any atom is -0.384 e. The summed E-state index contributed by atoms with van der Waals surface area (Å²) in [6, 6.07) is 2.59. The Kier molecular flexibility index (Phi) is 3.40. The second kappa shape index (κ2) is 5.08. The molecule has 1 saturated heterocycles. The quantitative estimate of drug-likeness (QED) is 0.642. The van der Waals surface area contributed by atoms with Gasteiger partial charge in [-0.1, -0.05) is 6.92 Å². The van der Waals surface area contributed by atoms with Crippen LogP contribution in [0.4, 0.5) is 5.82 Å². The summed E-state index contributed by atoms with van der Waals surface area (Å²) in [4.78, 5) is 7.25. The third-order valence-electron chi connectivity index (χ3n) is 4.71. The maximum atomic E-state index is 7.88. The lowest BCUT2D eigenvalue weighted by molar-refractivity contribution is 0.388. The molecule has 4 nitrogen and oxygen atoms in total. The van der Waals surface area contributed by atoms with Crippen LogP contribution in [0.1, 0.15) is 49.9 Å². The zero-order chi connectivity index (χ0) is 14.3. The summed E-state index contributed by atoms with van der Waals surface area (Å²) in [6.07, 6.45) is 5.79. The standard InChI is InChI=1S/C16H24N4/c1-10-6-7-11(2)20(9-10)16-13(15(17)18)8-12-4-3-5-14(12)19-16/h8,10-11H,3-7,9H2,1-2H3,(H3,17,18). The third-order valence-corrected chi connectivity index (χ3v) is 4.71. The molecule has 1 fully saturated rings. The average Bonchev–Trinajstić information content (AvgIpc) is 2.87. The smallest absolute Gasteiger partial charge is 0.140 e. The first-order valence-electron chi connectivity index (χ1n) is 7.70. The Morgan fingerprint density at radius 1 is 1.35 bits per heavy atom. The molecule has 0 spiro atoms. The molecular formula is C16H24N4. The Morgan fingerprint density at radius 2 is 2.15 bits per heavy atom. The van der Waals surface area contributed by atoms with Crippen LogP contribution < -0.4 is 10.6 Å². The molecule has 0 amide bonds. The lowest BCUT2D eigenvalue weighted by Gasteiger charge is -2.38. The van der Waals surface area contributed by atoms with Crippen molar-refractivity contribution in [3.05, 3.63) is 22.9 Å². The number of hydrogen-bond acceptors (Lipinski definition) is 3. The first-order chi connectivity index (χ1) is 9.56. The number of anilines is 1. The topological polar surface area (TPSA) is 66.0 Å². The van der Waals surface area contributed by atoms with Crippen LogP contribution in [0.2, 0.25) is 0 Å². The van der Waals surface area contributed by atoms with Crippen LogP contribution in [-0.4, -0.2) is 23.4 Å². The Hall–Kier alpha value is -1.58. The summed E-state index contributed by atoms with van der Waals surface area (Å²) in [5.74, 6) is 1.77. The number of piperidine rings is 1. The molecule has 1 aromatic heterocycles. The summed E-state index contributed by atoms with van der Waals surface area (Å²) < 4.78 is 0. The van der Waals surface area contributed by atoms with Crippen LogP contribution in [0.25, 0.3) is 0 Å². The van der Waals surface area contributed by atoms with Crippen molar-refractivity contribution in [2.45, 2.75) is 52.0 Å². The lowest BCUT2D eigenvalue weighted by atomic mass is 9.94. The van der Waals surface area contributed by atoms with Crippen LogP contribution in [0, 0.1) is 11.3 Å². The van der Waals surface area contributed by atoms with Gasteiger partial charge in [0.2, 0.25) is 0 Å². The Bertz CT molecular complexity index is 538. The fraction of sp³-hybridized carbons (Fsp3) is 0.625. The highest BCUT2D eigenvalue weighted by Crippen LogP contribution is 2.32. The number of aromatic nitrogens is 1. The fourth-order valence-corrected chi connectivity index (χ4v) is 3.46. The van der Waals surface area contributed by atoms with Crippen LogP contribution >= 0.6 is 0 Å². The van der Waals surface area contributed by atoms with Crippen LogP contribution in [0.15, 0.2) is 6.07 Å². The second-order valence-corrected chi connectivity index (χ2v) is 6.42. The molecule has 0 bridgehead atoms. The van der Waals surface area contributed by atoms with Crippen LogP contribution in [0.5, 0.6) is 0 Å². The highest BCUT2D eigenvalue weighted by Gasteiger charge is 2.28. The zero-order valence-corrected chi connectivity index (χ0v) is 12.4. The number of fused-ring (bicyclic) bond motifs is 1. The molecule has 20 heavy (non-hydrogen) atoms. The first-order valence-corrected chi connectivity index (χ1v) is 7.70. The molecule has 0 aromatic carbocycles. The van der Waals surface area contributed by atoms with Crippen LogP contribution in [0.3, 0.4) is 0 Å². The normalized spacial score (nSPS) is 25.6. The van der Waals surface area contributed by atoms with Gasteiger partial charge in [-0.05, 0) is 56.6 Å². The van der Waals surface area contributed by atoms with E-state index in [4.69, 9.17) is 16.1 Å². The van der Waals surface area contributed by atoms with Gasteiger partial charge < -0.3 is 10.6 Å². The molecule has 4 heteroatoms. The summed E-state index contributed by atoms with van der Waals surface area (Å²) >= 11 is 0. The van der Waals surface area contributed by atoms with Gasteiger partial charge in [-0.25, -0.2) is 4.98 Å². The van der Waals surface area contributed by atoms with Gasteiger partial charge in [-0.15, -0.1) is 0 Å². The maximum Gasteiger partial charge on any atom is 0.140 e. The minimum absolute atomic E-state index is 0.146. The van der Waals surface area contributed by atoms with Gasteiger partial charge in [0.05, 0.1) is 5.56 Å². The number of nitrogens with one attached hydrogen (secondary N) is 1. The van der Waals surface area contributed by atoms with E-state index >= 15 is 0 Å². The van der Waals surface area contributed by atoms with Gasteiger partial charge in [-0.2, -0.15) is 0 Å². The van der Waals surface area contributed by atoms with Crippen molar-refractivity contribution in [1.29, 1.82) is 5.41 Å². The van der Waals surface area contributed by atoms with Crippen molar-refractivity contribution in [3.8, 4) is 0 Å². The molecular weight excluding hydrogens is 248 g/mol. The lowest BCUT2D eigenvalue weighted by Crippen LogP contribution is -2.42. The van der Waals surface area contributed by atoms with Gasteiger partial charge in [0.15, 0.2) is 0 Å². The molecule has 108 valence electrons. The predicted molar refractivity (Wildman–Crippen MR) is 82.5 cm³/mol. The molecule has 2 aliphatic rings. The van der Waals surface area contributed by atoms with Crippen molar-refractivity contribution >= 4 is 11.7 Å². The SMILES string of the molecule is CC1CCC(C)N(c2nc3c(cc2C(=N)N)CCC3)C1. The van der Waals surface area contributed by atoms with E-state index in [9.17, 15) is 0 Å². The number of pyridine rings is 1. The number of amidine groups is 1. The van der Waals surface area contributed by atoms with Crippen LogP contribution in [-0.2, 0) is 12.8 Å². The maximum absolute atomic E-state index is 7.88. The van der Waals surface area contributed by atoms with Crippen molar-refractivity contribution in [2.24, 2.45) is 11.7 Å². The van der Waals surface area contributed by atoms with Crippen molar-refractivity contribution in [2.75, 3.05) is 11.4 Å². The van der Waals surface area contributed by atoms with Gasteiger partial charge in [0, 0.05) is 18.3 Å². The van der Waals surface area contributed by atoms with E-state index < -0.39 is 0 Å². The molecule has 1 aliphatic carbocycles. The van der Waals surface area contributed by atoms with Crippen molar-refractivity contribution in [1.82, 2.24) is 4.98 Å². The number of rotatable bonds is 2. The molecule has 2 unspecified atom stereocenters. The van der Waals surface area contributed by atoms with E-state index in [1.165, 1.54) is 30.5 Å².